The lowest BCUT2D eigenvalue weighted by Crippen LogP contribution is -2.34. The van der Waals surface area contributed by atoms with Crippen molar-refractivity contribution < 1.29 is 23.0 Å². The molecule has 2 N–H and O–H groups in total. The number of nitriles is 1. The van der Waals surface area contributed by atoms with Crippen LogP contribution in [0.25, 0.3) is 0 Å². The first-order valence-electron chi connectivity index (χ1n) is 8.54. The van der Waals surface area contributed by atoms with Crippen molar-refractivity contribution in [2.45, 2.75) is 19.9 Å². The summed E-state index contributed by atoms with van der Waals surface area (Å²) in [6.45, 7) is 4.51. The molecule has 148 valence electrons. The van der Waals surface area contributed by atoms with Crippen molar-refractivity contribution in [1.29, 1.82) is 5.26 Å². The smallest absolute Gasteiger partial charge is 0.257 e. The molecule has 0 aliphatic carbocycles. The number of carbonyl (C=O) groups excluding carboxylic acids is 1. The number of amides is 1. The van der Waals surface area contributed by atoms with Crippen LogP contribution in [0.2, 0.25) is 0 Å². The molecule has 0 heterocycles. The Morgan fingerprint density at radius 3 is 2.36 bits per heavy atom. The number of nitrogens with one attached hydrogen (secondary N) is 2. The van der Waals surface area contributed by atoms with Crippen LogP contribution in [0.5, 0.6) is 11.5 Å². The fourth-order valence-electron chi connectivity index (χ4n) is 2.50. The predicted octanol–water partition coefficient (Wildman–Crippen LogP) is 2.42. The first kappa shape index (κ1) is 21.2. The zero-order valence-electron chi connectivity index (χ0n) is 15.4. The summed E-state index contributed by atoms with van der Waals surface area (Å²) < 4.78 is 34.9. The van der Waals surface area contributed by atoms with E-state index in [9.17, 15) is 13.6 Å². The maximum atomic E-state index is 12.5. The van der Waals surface area contributed by atoms with Gasteiger partial charge in [0.25, 0.3) is 5.91 Å². The van der Waals surface area contributed by atoms with Crippen LogP contribution in [0.3, 0.4) is 0 Å². The summed E-state index contributed by atoms with van der Waals surface area (Å²) in [7, 11) is 0. The summed E-state index contributed by atoms with van der Waals surface area (Å²) in [6.07, 6.45) is 0. The number of rotatable bonds is 9. The highest BCUT2D eigenvalue weighted by molar-refractivity contribution is 7.77. The molecule has 2 atom stereocenters. The van der Waals surface area contributed by atoms with Gasteiger partial charge in [0.2, 0.25) is 0 Å². The molecule has 0 fully saturated rings. The van der Waals surface area contributed by atoms with Gasteiger partial charge in [-0.15, -0.1) is 0 Å². The normalized spacial score (nSPS) is 12.4. The van der Waals surface area contributed by atoms with Crippen molar-refractivity contribution in [2.24, 2.45) is 0 Å². The first-order valence-corrected chi connectivity index (χ1v) is 9.62. The fraction of sp³-hybridized carbons (Fsp3) is 0.263. The van der Waals surface area contributed by atoms with Crippen LogP contribution in [-0.4, -0.2) is 27.9 Å². The number of hydrogen-bond donors (Lipinski definition) is 2. The lowest BCUT2D eigenvalue weighted by atomic mass is 10.0. The Bertz CT molecular complexity index is 880. The Balaban J connectivity index is 2.39. The van der Waals surface area contributed by atoms with Gasteiger partial charge in [-0.05, 0) is 55.8 Å². The van der Waals surface area contributed by atoms with Crippen LogP contribution in [0.1, 0.15) is 31.0 Å². The average Bonchev–Trinajstić information content (AvgIpc) is 2.68. The van der Waals surface area contributed by atoms with Crippen molar-refractivity contribution in [2.75, 3.05) is 18.5 Å². The highest BCUT2D eigenvalue weighted by atomic mass is 32.2. The van der Waals surface area contributed by atoms with Gasteiger partial charge in [-0.25, -0.2) is 0 Å². The van der Waals surface area contributed by atoms with E-state index in [1.807, 2.05) is 24.6 Å². The number of nitrogens with zero attached hydrogens (tertiary/aromatic N) is 1. The van der Waals surface area contributed by atoms with E-state index in [4.69, 9.17) is 14.7 Å². The van der Waals surface area contributed by atoms with Crippen LogP contribution in [0, 0.1) is 11.3 Å². The molecule has 0 bridgehead atoms. The Kier molecular flexibility index (Phi) is 7.80. The average molecular weight is 402 g/mol. The molecule has 2 rings (SSSR count). The number of anilines is 1. The molecule has 2 aromatic carbocycles. The number of benzene rings is 2. The fourth-order valence-corrected chi connectivity index (χ4v) is 2.78. The summed E-state index contributed by atoms with van der Waals surface area (Å²) in [5, 5.41) is 11.9. The lowest BCUT2D eigenvalue weighted by Gasteiger charge is -2.22. The van der Waals surface area contributed by atoms with Gasteiger partial charge < -0.3 is 19.3 Å². The van der Waals surface area contributed by atoms with E-state index in [0.29, 0.717) is 41.5 Å². The van der Waals surface area contributed by atoms with E-state index >= 15 is 0 Å². The lowest BCUT2D eigenvalue weighted by molar-refractivity contribution is -0.120. The minimum absolute atomic E-state index is 0.397. The van der Waals surface area contributed by atoms with Crippen LogP contribution < -0.4 is 19.5 Å². The molecule has 1 amide bonds. The topological polar surface area (TPSA) is 124 Å². The number of ether oxygens (including phenoxy) is 2. The molecular formula is C19H20N3O5S-. The third-order valence-corrected chi connectivity index (χ3v) is 4.04. The molecule has 0 aliphatic rings. The van der Waals surface area contributed by atoms with Gasteiger partial charge in [0.1, 0.15) is 6.04 Å². The van der Waals surface area contributed by atoms with Gasteiger partial charge in [-0.2, -0.15) is 5.26 Å². The molecule has 0 saturated heterocycles. The van der Waals surface area contributed by atoms with Crippen molar-refractivity contribution in [3.63, 3.8) is 0 Å². The minimum Gasteiger partial charge on any atom is -0.755 e. The second-order valence-electron chi connectivity index (χ2n) is 5.54. The number of carbonyl (C=O) groups is 1. The van der Waals surface area contributed by atoms with Crippen molar-refractivity contribution in [3.05, 3.63) is 53.6 Å². The van der Waals surface area contributed by atoms with E-state index in [2.05, 4.69) is 5.32 Å². The van der Waals surface area contributed by atoms with Gasteiger partial charge in [-0.1, -0.05) is 6.07 Å². The van der Waals surface area contributed by atoms with Crippen molar-refractivity contribution in [1.82, 2.24) is 4.72 Å². The maximum Gasteiger partial charge on any atom is 0.257 e. The minimum atomic E-state index is -2.76. The monoisotopic (exact) mass is 402 g/mol. The molecule has 0 aliphatic heterocycles. The molecule has 0 saturated carbocycles. The summed E-state index contributed by atoms with van der Waals surface area (Å²) in [4.78, 5) is 12.5. The first-order chi connectivity index (χ1) is 13.5. The molecule has 0 aromatic heterocycles. The van der Waals surface area contributed by atoms with E-state index in [1.54, 1.807) is 42.5 Å². The van der Waals surface area contributed by atoms with Crippen molar-refractivity contribution >= 4 is 22.9 Å². The second kappa shape index (κ2) is 10.3. The van der Waals surface area contributed by atoms with Gasteiger partial charge in [-0.3, -0.25) is 13.7 Å². The Morgan fingerprint density at radius 1 is 1.14 bits per heavy atom. The van der Waals surface area contributed by atoms with Gasteiger partial charge >= 0.3 is 0 Å². The zero-order valence-corrected chi connectivity index (χ0v) is 16.2. The third kappa shape index (κ3) is 5.70. The Labute approximate surface area is 165 Å². The molecule has 0 radical (unpaired) electrons. The standard InChI is InChI=1S/C19H21N3O5S/c1-3-26-16-10-7-14(11-17(16)27-4-2)18(19(23)22-28(24)25)21-15-8-5-13(12-20)6-9-15/h5-11,18,21H,3-4H2,1-2H3,(H,22,23)(H,24,25)/p-1. The van der Waals surface area contributed by atoms with Crippen LogP contribution in [-0.2, 0) is 16.1 Å². The molecule has 28 heavy (non-hydrogen) atoms. The number of hydrogen-bond acceptors (Lipinski definition) is 7. The largest absolute Gasteiger partial charge is 0.755 e. The van der Waals surface area contributed by atoms with Crippen LogP contribution in [0.4, 0.5) is 5.69 Å². The van der Waals surface area contributed by atoms with E-state index in [0.717, 1.165) is 0 Å². The molecule has 0 spiro atoms. The van der Waals surface area contributed by atoms with E-state index in [1.165, 1.54) is 0 Å². The quantitative estimate of drug-likeness (QED) is 0.617. The van der Waals surface area contributed by atoms with Gasteiger partial charge in [0.05, 0.1) is 24.8 Å². The summed E-state index contributed by atoms with van der Waals surface area (Å²) in [5.74, 6) is 0.215. The second-order valence-corrected chi connectivity index (χ2v) is 6.21. The molecule has 8 nitrogen and oxygen atoms in total. The third-order valence-electron chi connectivity index (χ3n) is 3.67. The molecule has 2 unspecified atom stereocenters. The highest BCUT2D eigenvalue weighted by Crippen LogP contribution is 2.32. The summed E-state index contributed by atoms with van der Waals surface area (Å²) >= 11 is -2.76. The van der Waals surface area contributed by atoms with Gasteiger partial charge in [0.15, 0.2) is 11.5 Å². The Hall–Kier alpha value is -3.09. The summed E-state index contributed by atoms with van der Waals surface area (Å²) in [5.41, 5.74) is 1.49. The van der Waals surface area contributed by atoms with Crippen molar-refractivity contribution in [3.8, 4) is 17.6 Å². The SMILES string of the molecule is CCOc1ccc(C(Nc2ccc(C#N)cc2)C(=O)NS(=O)[O-])cc1OCC. The van der Waals surface area contributed by atoms with E-state index < -0.39 is 23.2 Å². The molecular weight excluding hydrogens is 382 g/mol. The van der Waals surface area contributed by atoms with Crippen LogP contribution in [0.15, 0.2) is 42.5 Å². The van der Waals surface area contributed by atoms with Crippen LogP contribution >= 0.6 is 0 Å². The maximum absolute atomic E-state index is 12.5. The molecule has 2 aromatic rings. The highest BCUT2D eigenvalue weighted by Gasteiger charge is 2.22. The zero-order chi connectivity index (χ0) is 20.5. The molecule has 9 heteroatoms. The predicted molar refractivity (Wildman–Crippen MR) is 103 cm³/mol. The van der Waals surface area contributed by atoms with E-state index in [-0.39, 0.29) is 0 Å². The Morgan fingerprint density at radius 2 is 1.79 bits per heavy atom. The summed E-state index contributed by atoms with van der Waals surface area (Å²) in [6, 6.07) is 12.4. The van der Waals surface area contributed by atoms with Gasteiger partial charge in [0, 0.05) is 17.0 Å².